The van der Waals surface area contributed by atoms with Crippen molar-refractivity contribution in [3.63, 3.8) is 0 Å². The molecule has 3 rings (SSSR count). The van der Waals surface area contributed by atoms with Crippen LogP contribution >= 0.6 is 0 Å². The van der Waals surface area contributed by atoms with E-state index in [0.29, 0.717) is 36.9 Å². The molecule has 9 nitrogen and oxygen atoms in total. The van der Waals surface area contributed by atoms with E-state index in [1.165, 1.54) is 7.11 Å². The van der Waals surface area contributed by atoms with E-state index >= 15 is 0 Å². The zero-order valence-electron chi connectivity index (χ0n) is 22.1. The highest BCUT2D eigenvalue weighted by Crippen LogP contribution is 2.29. The minimum Gasteiger partial charge on any atom is -0.493 e. The van der Waals surface area contributed by atoms with Crippen LogP contribution in [0.1, 0.15) is 68.1 Å². The van der Waals surface area contributed by atoms with Gasteiger partial charge in [-0.25, -0.2) is 14.8 Å². The van der Waals surface area contributed by atoms with Crippen molar-refractivity contribution in [3.8, 4) is 11.6 Å². The van der Waals surface area contributed by atoms with Gasteiger partial charge in [0.15, 0.2) is 0 Å². The van der Waals surface area contributed by atoms with Crippen molar-refractivity contribution in [1.82, 2.24) is 14.9 Å². The summed E-state index contributed by atoms with van der Waals surface area (Å²) in [5.41, 5.74) is 1.72. The summed E-state index contributed by atoms with van der Waals surface area (Å²) in [6.45, 7) is 9.48. The third-order valence-electron chi connectivity index (χ3n) is 5.86. The third-order valence-corrected chi connectivity index (χ3v) is 5.86. The number of nitrogens with zero attached hydrogens (tertiary/aromatic N) is 3. The molecule has 0 bridgehead atoms. The first-order valence-electron chi connectivity index (χ1n) is 12.3. The second kappa shape index (κ2) is 12.1. The van der Waals surface area contributed by atoms with Gasteiger partial charge < -0.3 is 19.1 Å². The summed E-state index contributed by atoms with van der Waals surface area (Å²) in [6.07, 6.45) is 1.36. The number of benzene rings is 1. The Balaban J connectivity index is 1.63. The van der Waals surface area contributed by atoms with Gasteiger partial charge in [0.05, 0.1) is 13.7 Å². The molecule has 2 heterocycles. The van der Waals surface area contributed by atoms with Crippen molar-refractivity contribution in [3.05, 3.63) is 53.2 Å². The van der Waals surface area contributed by atoms with Crippen LogP contribution in [0, 0.1) is 0 Å². The van der Waals surface area contributed by atoms with Gasteiger partial charge in [-0.2, -0.15) is 0 Å². The highest BCUT2D eigenvalue weighted by atomic mass is 16.7. The maximum absolute atomic E-state index is 12.4. The number of carbonyl (C=O) groups is 2. The van der Waals surface area contributed by atoms with Crippen molar-refractivity contribution in [2.75, 3.05) is 33.9 Å². The van der Waals surface area contributed by atoms with Crippen molar-refractivity contribution < 1.29 is 28.6 Å². The number of hydrogen-bond acceptors (Lipinski definition) is 7. The van der Waals surface area contributed by atoms with Gasteiger partial charge in [-0.05, 0) is 58.7 Å². The molecule has 0 saturated carbocycles. The normalized spacial score (nSPS) is 14.3. The van der Waals surface area contributed by atoms with E-state index in [0.717, 1.165) is 29.2 Å². The first kappa shape index (κ1) is 27.3. The molecule has 1 aliphatic heterocycles. The summed E-state index contributed by atoms with van der Waals surface area (Å²) in [5, 5.41) is 1.16. The fourth-order valence-corrected chi connectivity index (χ4v) is 3.94. The molecule has 2 amide bonds. The highest BCUT2D eigenvalue weighted by Gasteiger charge is 2.28. The number of likely N-dealkylation sites (tertiary alicyclic amines) is 1. The summed E-state index contributed by atoms with van der Waals surface area (Å²) in [5.74, 6) is 1.08. The van der Waals surface area contributed by atoms with Crippen molar-refractivity contribution in [2.24, 2.45) is 0 Å². The maximum atomic E-state index is 12.4. The minimum atomic E-state index is -0.501. The molecule has 1 aliphatic rings. The predicted octanol–water partition coefficient (Wildman–Crippen LogP) is 4.81. The molecule has 0 unspecified atom stereocenters. The first-order valence-corrected chi connectivity index (χ1v) is 12.3. The predicted molar refractivity (Wildman–Crippen MR) is 135 cm³/mol. The zero-order valence-corrected chi connectivity index (χ0v) is 22.1. The summed E-state index contributed by atoms with van der Waals surface area (Å²) >= 11 is 0. The molecular formula is C27H37N3O6. The second-order valence-corrected chi connectivity index (χ2v) is 9.67. The van der Waals surface area contributed by atoms with E-state index in [4.69, 9.17) is 24.0 Å². The van der Waals surface area contributed by atoms with Crippen LogP contribution in [0.2, 0.25) is 0 Å². The quantitative estimate of drug-likeness (QED) is 0.482. The topological polar surface area (TPSA) is 90.4 Å². The molecule has 0 atom stereocenters. The van der Waals surface area contributed by atoms with Gasteiger partial charge in [0, 0.05) is 48.9 Å². The van der Waals surface area contributed by atoms with Gasteiger partial charge >= 0.3 is 6.09 Å². The van der Waals surface area contributed by atoms with Gasteiger partial charge in [0.2, 0.25) is 5.88 Å². The van der Waals surface area contributed by atoms with Crippen molar-refractivity contribution >= 4 is 12.0 Å². The van der Waals surface area contributed by atoms with Crippen LogP contribution in [0.4, 0.5) is 4.79 Å². The molecule has 196 valence electrons. The molecule has 36 heavy (non-hydrogen) atoms. The molecule has 2 aromatic rings. The SMILES string of the molecule is CCOc1cc(C(=O)N(C)OC)ccc1COc1cccc(C2CCN(C(=O)OC(C)(C)C)CC2)n1. The number of aromatic nitrogens is 1. The Kier molecular flexibility index (Phi) is 9.14. The summed E-state index contributed by atoms with van der Waals surface area (Å²) in [7, 11) is 2.99. The van der Waals surface area contributed by atoms with Crippen LogP contribution in [0.15, 0.2) is 36.4 Å². The van der Waals surface area contributed by atoms with Gasteiger partial charge in [-0.1, -0.05) is 12.1 Å². The summed E-state index contributed by atoms with van der Waals surface area (Å²) in [4.78, 5) is 36.2. The largest absolute Gasteiger partial charge is 0.493 e. The van der Waals surface area contributed by atoms with E-state index in [1.54, 1.807) is 24.1 Å². The van der Waals surface area contributed by atoms with E-state index in [9.17, 15) is 9.59 Å². The zero-order chi connectivity index (χ0) is 26.3. The molecule has 0 aliphatic carbocycles. The average molecular weight is 500 g/mol. The Morgan fingerprint density at radius 1 is 1.11 bits per heavy atom. The number of pyridine rings is 1. The first-order chi connectivity index (χ1) is 17.1. The molecule has 9 heteroatoms. The third kappa shape index (κ3) is 7.34. The molecule has 1 aromatic heterocycles. The van der Waals surface area contributed by atoms with Gasteiger partial charge in [-0.3, -0.25) is 9.63 Å². The lowest BCUT2D eigenvalue weighted by molar-refractivity contribution is -0.0757. The number of rotatable bonds is 8. The lowest BCUT2D eigenvalue weighted by Gasteiger charge is -2.33. The molecule has 0 radical (unpaired) electrons. The molecular weight excluding hydrogens is 462 g/mol. The molecule has 1 fully saturated rings. The van der Waals surface area contributed by atoms with E-state index in [-0.39, 0.29) is 24.5 Å². The Morgan fingerprint density at radius 3 is 2.47 bits per heavy atom. The fourth-order valence-electron chi connectivity index (χ4n) is 3.94. The Bertz CT molecular complexity index is 1040. The second-order valence-electron chi connectivity index (χ2n) is 9.67. The number of hydroxylamine groups is 2. The number of ether oxygens (including phenoxy) is 3. The number of amides is 2. The molecule has 1 saturated heterocycles. The minimum absolute atomic E-state index is 0.245. The smallest absolute Gasteiger partial charge is 0.410 e. The van der Waals surface area contributed by atoms with E-state index in [2.05, 4.69) is 0 Å². The van der Waals surface area contributed by atoms with Crippen LogP contribution in [0.25, 0.3) is 0 Å². The molecule has 0 spiro atoms. The van der Waals surface area contributed by atoms with Crippen LogP contribution < -0.4 is 9.47 Å². The standard InChI is InChI=1S/C27H37N3O6/c1-7-34-23-17-20(25(31)29(5)33-6)11-12-21(23)18-35-24-10-8-9-22(28-24)19-13-15-30(16-14-19)26(32)36-27(2,3)4/h8-12,17,19H,7,13-16,18H2,1-6H3. The number of piperidine rings is 1. The summed E-state index contributed by atoms with van der Waals surface area (Å²) in [6, 6.07) is 11.0. The van der Waals surface area contributed by atoms with Gasteiger partial charge in [0.25, 0.3) is 5.91 Å². The molecule has 0 N–H and O–H groups in total. The Labute approximate surface area is 213 Å². The van der Waals surface area contributed by atoms with E-state index in [1.807, 2.05) is 52.0 Å². The Hall–Kier alpha value is -3.33. The van der Waals surface area contributed by atoms with E-state index < -0.39 is 5.60 Å². The van der Waals surface area contributed by atoms with Gasteiger partial charge in [0.1, 0.15) is 18.0 Å². The summed E-state index contributed by atoms with van der Waals surface area (Å²) < 4.78 is 17.2. The average Bonchev–Trinajstić information content (AvgIpc) is 2.86. The van der Waals surface area contributed by atoms with Crippen molar-refractivity contribution in [2.45, 2.75) is 58.7 Å². The number of hydrogen-bond donors (Lipinski definition) is 0. The van der Waals surface area contributed by atoms with Crippen LogP contribution in [0.3, 0.4) is 0 Å². The van der Waals surface area contributed by atoms with Gasteiger partial charge in [-0.15, -0.1) is 0 Å². The number of carbonyl (C=O) groups excluding carboxylic acids is 2. The highest BCUT2D eigenvalue weighted by molar-refractivity contribution is 5.93. The lowest BCUT2D eigenvalue weighted by Crippen LogP contribution is -2.41. The van der Waals surface area contributed by atoms with Crippen LogP contribution in [-0.4, -0.2) is 66.4 Å². The van der Waals surface area contributed by atoms with Crippen LogP contribution in [0.5, 0.6) is 11.6 Å². The maximum Gasteiger partial charge on any atom is 0.410 e. The fraction of sp³-hybridized carbons (Fsp3) is 0.519. The van der Waals surface area contributed by atoms with Crippen LogP contribution in [-0.2, 0) is 16.2 Å². The lowest BCUT2D eigenvalue weighted by atomic mass is 9.93. The van der Waals surface area contributed by atoms with Crippen molar-refractivity contribution in [1.29, 1.82) is 0 Å². The molecule has 1 aromatic carbocycles. The monoisotopic (exact) mass is 499 g/mol. The Morgan fingerprint density at radius 2 is 1.83 bits per heavy atom.